The maximum Gasteiger partial charge on any atom is 0.276 e. The van der Waals surface area contributed by atoms with Gasteiger partial charge in [0.25, 0.3) is 5.91 Å². The van der Waals surface area contributed by atoms with Crippen molar-refractivity contribution in [2.75, 3.05) is 6.61 Å². The fourth-order valence-corrected chi connectivity index (χ4v) is 2.09. The Bertz CT molecular complexity index is 686. The van der Waals surface area contributed by atoms with Crippen molar-refractivity contribution in [3.05, 3.63) is 72.3 Å². The van der Waals surface area contributed by atoms with Gasteiger partial charge in [-0.05, 0) is 28.7 Å². The van der Waals surface area contributed by atoms with E-state index >= 15 is 0 Å². The third kappa shape index (κ3) is 5.16. The molecule has 2 rings (SSSR count). The first-order chi connectivity index (χ1) is 11.4. The number of benzene rings is 2. The van der Waals surface area contributed by atoms with Gasteiger partial charge in [0.2, 0.25) is 0 Å². The van der Waals surface area contributed by atoms with E-state index in [4.69, 9.17) is 4.74 Å². The number of nitrogens with one attached hydrogen (secondary N) is 2. The number of rotatable bonds is 6. The smallest absolute Gasteiger partial charge is 0.276 e. The molecule has 2 aromatic carbocycles. The van der Waals surface area contributed by atoms with Crippen LogP contribution < -0.4 is 15.6 Å². The molecule has 0 aliphatic carbocycles. The Kier molecular flexibility index (Phi) is 5.64. The number of hydrogen-bond acceptors (Lipinski definition) is 3. The Balaban J connectivity index is 1.78. The van der Waals surface area contributed by atoms with Gasteiger partial charge in [-0.25, -0.2) is 0 Å². The molecule has 0 spiro atoms. The molecule has 0 aliphatic heterocycles. The number of carbonyl (C=O) groups is 1. The fourth-order valence-electron chi connectivity index (χ4n) is 2.09. The summed E-state index contributed by atoms with van der Waals surface area (Å²) in [5, 5.41) is 0. The predicted molar refractivity (Wildman–Crippen MR) is 97.4 cm³/mol. The van der Waals surface area contributed by atoms with Crippen LogP contribution in [0.1, 0.15) is 31.9 Å². The average Bonchev–Trinajstić information content (AvgIpc) is 2.58. The fraction of sp³-hybridized carbons (Fsp3) is 0.250. The zero-order valence-corrected chi connectivity index (χ0v) is 14.4. The molecule has 1 amide bonds. The highest BCUT2D eigenvalue weighted by Gasteiger charge is 2.13. The minimum absolute atomic E-state index is 0.0655. The zero-order chi connectivity index (χ0) is 17.6. The van der Waals surface area contributed by atoms with Gasteiger partial charge in [-0.15, -0.1) is 0 Å². The molecule has 4 nitrogen and oxygen atoms in total. The molecule has 4 heteroatoms. The molecule has 0 saturated carbocycles. The van der Waals surface area contributed by atoms with E-state index < -0.39 is 0 Å². The van der Waals surface area contributed by atoms with Crippen molar-refractivity contribution in [3.63, 3.8) is 0 Å². The summed E-state index contributed by atoms with van der Waals surface area (Å²) in [6.45, 7) is 10.3. The summed E-state index contributed by atoms with van der Waals surface area (Å²) < 4.78 is 5.49. The second-order valence-corrected chi connectivity index (χ2v) is 6.58. The molecule has 0 heterocycles. The summed E-state index contributed by atoms with van der Waals surface area (Å²) in [7, 11) is 0. The van der Waals surface area contributed by atoms with Crippen molar-refractivity contribution >= 4 is 11.6 Å². The van der Waals surface area contributed by atoms with E-state index in [0.29, 0.717) is 11.4 Å². The van der Waals surface area contributed by atoms with Crippen molar-refractivity contribution in [1.82, 2.24) is 10.9 Å². The van der Waals surface area contributed by atoms with E-state index in [0.717, 1.165) is 5.56 Å². The lowest BCUT2D eigenvalue weighted by Crippen LogP contribution is -2.38. The highest BCUT2D eigenvalue weighted by atomic mass is 16.5. The maximum absolute atomic E-state index is 11.8. The van der Waals surface area contributed by atoms with E-state index in [1.807, 2.05) is 54.6 Å². The largest absolute Gasteiger partial charge is 0.484 e. The minimum Gasteiger partial charge on any atom is -0.484 e. The van der Waals surface area contributed by atoms with E-state index in [1.54, 1.807) is 0 Å². The molecule has 0 aromatic heterocycles. The zero-order valence-electron chi connectivity index (χ0n) is 14.4. The molecule has 0 atom stereocenters. The molecule has 0 saturated heterocycles. The Morgan fingerprint density at radius 3 is 2.21 bits per heavy atom. The first-order valence-corrected chi connectivity index (χ1v) is 7.89. The van der Waals surface area contributed by atoms with Gasteiger partial charge in [0.1, 0.15) is 5.75 Å². The molecule has 0 aliphatic rings. The molecule has 24 heavy (non-hydrogen) atoms. The van der Waals surface area contributed by atoms with Crippen molar-refractivity contribution in [3.8, 4) is 5.75 Å². The standard InChI is InChI=1S/C20H24N2O2/c1-15(16-8-6-5-7-9-16)21-22-19(23)14-24-18-12-10-17(11-13-18)20(2,3)4/h5-13,21H,1,14H2,2-4H3,(H,22,23). The number of hydrazine groups is 1. The van der Waals surface area contributed by atoms with Crippen molar-refractivity contribution in [2.24, 2.45) is 0 Å². The van der Waals surface area contributed by atoms with Gasteiger partial charge in [0.15, 0.2) is 6.61 Å². The van der Waals surface area contributed by atoms with E-state index in [2.05, 4.69) is 38.2 Å². The molecule has 2 aromatic rings. The van der Waals surface area contributed by atoms with Crippen LogP contribution in [0.15, 0.2) is 61.2 Å². The van der Waals surface area contributed by atoms with Crippen LogP contribution in [0.25, 0.3) is 5.70 Å². The normalized spacial score (nSPS) is 10.8. The number of carbonyl (C=O) groups excluding carboxylic acids is 1. The molecular formula is C20H24N2O2. The summed E-state index contributed by atoms with van der Waals surface area (Å²) in [6.07, 6.45) is 0. The van der Waals surface area contributed by atoms with Gasteiger partial charge in [0, 0.05) is 0 Å². The molecular weight excluding hydrogens is 300 g/mol. The van der Waals surface area contributed by atoms with Crippen molar-refractivity contribution in [2.45, 2.75) is 26.2 Å². The lowest BCUT2D eigenvalue weighted by Gasteiger charge is -2.19. The Hall–Kier alpha value is -2.75. The van der Waals surface area contributed by atoms with E-state index in [-0.39, 0.29) is 17.9 Å². The minimum atomic E-state index is -0.271. The number of hydrogen-bond donors (Lipinski definition) is 2. The lowest BCUT2D eigenvalue weighted by molar-refractivity contribution is -0.123. The van der Waals surface area contributed by atoms with Gasteiger partial charge in [-0.2, -0.15) is 0 Å². The Labute approximate surface area is 143 Å². The first kappa shape index (κ1) is 17.6. The van der Waals surface area contributed by atoms with Crippen molar-refractivity contribution in [1.29, 1.82) is 0 Å². The van der Waals surface area contributed by atoms with Gasteiger partial charge in [-0.1, -0.05) is 69.8 Å². The topological polar surface area (TPSA) is 50.4 Å². The lowest BCUT2D eigenvalue weighted by atomic mass is 9.87. The molecule has 0 fully saturated rings. The molecule has 2 N–H and O–H groups in total. The summed E-state index contributed by atoms with van der Waals surface area (Å²) in [6, 6.07) is 17.4. The van der Waals surface area contributed by atoms with Gasteiger partial charge in [-0.3, -0.25) is 15.6 Å². The van der Waals surface area contributed by atoms with Crippen LogP contribution in [-0.4, -0.2) is 12.5 Å². The first-order valence-electron chi connectivity index (χ1n) is 7.89. The number of amides is 1. The average molecular weight is 324 g/mol. The van der Waals surface area contributed by atoms with Gasteiger partial charge >= 0.3 is 0 Å². The van der Waals surface area contributed by atoms with Gasteiger partial charge in [0.05, 0.1) is 5.70 Å². The van der Waals surface area contributed by atoms with Gasteiger partial charge < -0.3 is 4.74 Å². The molecule has 0 unspecified atom stereocenters. The third-order valence-corrected chi connectivity index (χ3v) is 3.57. The summed E-state index contributed by atoms with van der Waals surface area (Å²) in [5.74, 6) is 0.395. The molecule has 0 bridgehead atoms. The summed E-state index contributed by atoms with van der Waals surface area (Å²) in [4.78, 5) is 11.8. The Morgan fingerprint density at radius 1 is 1.00 bits per heavy atom. The highest BCUT2D eigenvalue weighted by molar-refractivity contribution is 5.78. The van der Waals surface area contributed by atoms with Crippen LogP contribution in [0.5, 0.6) is 5.75 Å². The van der Waals surface area contributed by atoms with E-state index in [1.165, 1.54) is 5.56 Å². The van der Waals surface area contributed by atoms with Crippen LogP contribution in [0, 0.1) is 0 Å². The van der Waals surface area contributed by atoms with Crippen LogP contribution in [-0.2, 0) is 10.2 Å². The van der Waals surface area contributed by atoms with Crippen molar-refractivity contribution < 1.29 is 9.53 Å². The highest BCUT2D eigenvalue weighted by Crippen LogP contribution is 2.24. The summed E-state index contributed by atoms with van der Waals surface area (Å²) >= 11 is 0. The SMILES string of the molecule is C=C(NNC(=O)COc1ccc(C(C)(C)C)cc1)c1ccccc1. The summed E-state index contributed by atoms with van der Waals surface area (Å²) in [5.41, 5.74) is 8.22. The van der Waals surface area contributed by atoms with Crippen LogP contribution in [0.2, 0.25) is 0 Å². The monoisotopic (exact) mass is 324 g/mol. The van der Waals surface area contributed by atoms with Crippen LogP contribution in [0.4, 0.5) is 0 Å². The second-order valence-electron chi connectivity index (χ2n) is 6.58. The van der Waals surface area contributed by atoms with E-state index in [9.17, 15) is 4.79 Å². The quantitative estimate of drug-likeness (QED) is 0.797. The second kappa shape index (κ2) is 7.68. The molecule has 0 radical (unpaired) electrons. The Morgan fingerprint density at radius 2 is 1.62 bits per heavy atom. The maximum atomic E-state index is 11.8. The predicted octanol–water partition coefficient (Wildman–Crippen LogP) is 3.65. The number of ether oxygens (including phenoxy) is 1. The van der Waals surface area contributed by atoms with Crippen LogP contribution >= 0.6 is 0 Å². The van der Waals surface area contributed by atoms with Crippen LogP contribution in [0.3, 0.4) is 0 Å². The molecule has 126 valence electrons. The third-order valence-electron chi connectivity index (χ3n) is 3.57.